The fourth-order valence-corrected chi connectivity index (χ4v) is 3.00. The number of hydrogen-bond acceptors (Lipinski definition) is 5. The van der Waals surface area contributed by atoms with Crippen molar-refractivity contribution in [1.29, 1.82) is 0 Å². The fourth-order valence-electron chi connectivity index (χ4n) is 1.60. The Bertz CT molecular complexity index is 700. The Morgan fingerprint density at radius 1 is 1.22 bits per heavy atom. The smallest absolute Gasteiger partial charge is 0.0343 e. The average Bonchev–Trinajstić information content (AvgIpc) is 2.50. The summed E-state index contributed by atoms with van der Waals surface area (Å²) in [7, 11) is 0. The van der Waals surface area contributed by atoms with E-state index in [9.17, 15) is 12.6 Å². The van der Waals surface area contributed by atoms with E-state index < -0.39 is 14.2 Å². The molecule has 0 saturated heterocycles. The van der Waals surface area contributed by atoms with Crippen molar-refractivity contribution in [3.63, 3.8) is 0 Å². The van der Waals surface area contributed by atoms with E-state index >= 15 is 0 Å². The van der Waals surface area contributed by atoms with Gasteiger partial charge in [0, 0.05) is 5.69 Å². The monoisotopic (exact) mass is 382 g/mol. The minimum absolute atomic E-state index is 0.0399. The number of nitrogen functional groups attached to an aromatic ring is 1. The minimum Gasteiger partial charge on any atom is -0.399 e. The molecule has 0 spiro atoms. The summed E-state index contributed by atoms with van der Waals surface area (Å²) in [5.74, 6) is -0.294. The van der Waals surface area contributed by atoms with Crippen molar-refractivity contribution >= 4 is 35.8 Å². The number of carbonyl (C=O) groups is 1. The van der Waals surface area contributed by atoms with Gasteiger partial charge >= 0.3 is 88.4 Å². The Morgan fingerprint density at radius 3 is 2.35 bits per heavy atom. The van der Waals surface area contributed by atoms with Gasteiger partial charge in [-0.05, 0) is 18.6 Å². The third-order valence-electron chi connectivity index (χ3n) is 2.79. The number of nitrogens with one attached hydrogen (secondary N) is 1. The molecule has 0 saturated carbocycles. The second kappa shape index (κ2) is 8.55. The first-order chi connectivity index (χ1) is 10.8. The first-order valence-electron chi connectivity index (χ1n) is 6.61. The topological polar surface area (TPSA) is 122 Å². The Morgan fingerprint density at radius 2 is 1.87 bits per heavy atom. The standard InChI is InChI=1S/C8H10AsNO5.C7H9N/c1-6(11)10-8-4-2-3-7(5-8)9(12,13)15-14;1-6-4-2-3-5-7(6)8/h2-5,14H,1H3,(H,10,11)(H,12,13);2-5H,8H2,1H3. The first kappa shape index (κ1) is 19.0. The summed E-state index contributed by atoms with van der Waals surface area (Å²) in [6.07, 6.45) is 0. The second-order valence-corrected chi connectivity index (χ2v) is 8.30. The van der Waals surface area contributed by atoms with Gasteiger partial charge in [0.05, 0.1) is 0 Å². The molecule has 23 heavy (non-hydrogen) atoms. The van der Waals surface area contributed by atoms with Crippen LogP contribution in [-0.4, -0.2) is 29.4 Å². The fraction of sp³-hybridized carbons (Fsp3) is 0.133. The third kappa shape index (κ3) is 6.30. The summed E-state index contributed by atoms with van der Waals surface area (Å²) in [6, 6.07) is 13.4. The van der Waals surface area contributed by atoms with E-state index in [1.165, 1.54) is 25.1 Å². The quantitative estimate of drug-likeness (QED) is 0.275. The Labute approximate surface area is 137 Å². The van der Waals surface area contributed by atoms with Gasteiger partial charge in [-0.15, -0.1) is 0 Å². The van der Waals surface area contributed by atoms with Crippen LogP contribution in [0.3, 0.4) is 0 Å². The van der Waals surface area contributed by atoms with E-state index in [-0.39, 0.29) is 10.3 Å². The predicted octanol–water partition coefficient (Wildman–Crippen LogP) is 1.28. The molecular weight excluding hydrogens is 363 g/mol. The van der Waals surface area contributed by atoms with Crippen LogP contribution in [0.2, 0.25) is 0 Å². The number of benzene rings is 2. The van der Waals surface area contributed by atoms with Crippen LogP contribution in [0.5, 0.6) is 0 Å². The number of hydrogen-bond donors (Lipinski definition) is 4. The Kier molecular flexibility index (Phi) is 7.06. The molecule has 0 fully saturated rings. The molecule has 1 amide bonds. The van der Waals surface area contributed by atoms with Crippen LogP contribution in [0.4, 0.5) is 11.4 Å². The van der Waals surface area contributed by atoms with Crippen molar-refractivity contribution in [2.75, 3.05) is 11.1 Å². The molecule has 124 valence electrons. The molecule has 0 aliphatic rings. The van der Waals surface area contributed by atoms with Crippen LogP contribution in [-0.2, 0) is 12.4 Å². The molecule has 2 rings (SSSR count). The van der Waals surface area contributed by atoms with Crippen LogP contribution in [0.1, 0.15) is 12.5 Å². The van der Waals surface area contributed by atoms with Gasteiger partial charge in [-0.25, -0.2) is 0 Å². The van der Waals surface area contributed by atoms with E-state index in [0.717, 1.165) is 11.3 Å². The number of rotatable bonds is 3. The molecular formula is C15H19AsN2O5. The minimum atomic E-state index is -4.83. The molecule has 1 atom stereocenters. The van der Waals surface area contributed by atoms with Gasteiger partial charge in [-0.3, -0.25) is 0 Å². The molecule has 0 aliphatic heterocycles. The van der Waals surface area contributed by atoms with Crippen molar-refractivity contribution in [1.82, 2.24) is 0 Å². The number of aryl methyl sites for hydroxylation is 1. The summed E-state index contributed by atoms with van der Waals surface area (Å²) in [4.78, 5) is 10.7. The largest absolute Gasteiger partial charge is 0.399 e. The van der Waals surface area contributed by atoms with Gasteiger partial charge < -0.3 is 5.73 Å². The Balaban J connectivity index is 0.000000277. The van der Waals surface area contributed by atoms with Gasteiger partial charge in [0.1, 0.15) is 0 Å². The van der Waals surface area contributed by atoms with E-state index in [0.29, 0.717) is 5.69 Å². The molecule has 2 aromatic rings. The van der Waals surface area contributed by atoms with Crippen molar-refractivity contribution < 1.29 is 21.8 Å². The van der Waals surface area contributed by atoms with E-state index in [1.807, 2.05) is 31.2 Å². The van der Waals surface area contributed by atoms with Crippen LogP contribution < -0.4 is 15.4 Å². The zero-order valence-electron chi connectivity index (χ0n) is 12.8. The molecule has 2 aromatic carbocycles. The zero-order chi connectivity index (χ0) is 17.5. The SMILES string of the molecule is CC(=O)Nc1cccc([As](=O)(O)OO)c1.Cc1ccccc1N. The summed E-state index contributed by atoms with van der Waals surface area (Å²) in [5, 5.41) is 10.7. The molecule has 8 heteroatoms. The summed E-state index contributed by atoms with van der Waals surface area (Å²) < 4.78 is 23.9. The van der Waals surface area contributed by atoms with Gasteiger partial charge in [0.15, 0.2) is 0 Å². The molecule has 7 nitrogen and oxygen atoms in total. The zero-order valence-corrected chi connectivity index (χ0v) is 14.6. The van der Waals surface area contributed by atoms with Crippen LogP contribution in [0.25, 0.3) is 0 Å². The molecule has 0 bridgehead atoms. The summed E-state index contributed by atoms with van der Waals surface area (Å²) in [5.41, 5.74) is 7.90. The number of amides is 1. The average molecular weight is 382 g/mol. The molecule has 0 aromatic heterocycles. The van der Waals surface area contributed by atoms with Gasteiger partial charge in [-0.2, -0.15) is 0 Å². The maximum absolute atomic E-state index is 11.3. The first-order valence-corrected chi connectivity index (χ1v) is 9.92. The van der Waals surface area contributed by atoms with Crippen LogP contribution in [0.15, 0.2) is 48.5 Å². The van der Waals surface area contributed by atoms with Crippen molar-refractivity contribution in [3.05, 3.63) is 54.1 Å². The summed E-state index contributed by atoms with van der Waals surface area (Å²) in [6.45, 7) is 3.31. The van der Waals surface area contributed by atoms with Crippen LogP contribution in [0, 0.1) is 6.92 Å². The van der Waals surface area contributed by atoms with Crippen molar-refractivity contribution in [2.24, 2.45) is 0 Å². The molecule has 0 heterocycles. The number of nitrogens with two attached hydrogens (primary N) is 1. The molecule has 5 N–H and O–H groups in total. The maximum Gasteiger partial charge on any atom is 0.0343 e. The Hall–Kier alpha value is -2.05. The molecule has 1 unspecified atom stereocenters. The van der Waals surface area contributed by atoms with Gasteiger partial charge in [0.2, 0.25) is 0 Å². The third-order valence-corrected chi connectivity index (χ3v) is 5.21. The van der Waals surface area contributed by atoms with E-state index in [1.54, 1.807) is 6.07 Å². The van der Waals surface area contributed by atoms with Gasteiger partial charge in [-0.1, -0.05) is 18.2 Å². The molecule has 0 radical (unpaired) electrons. The maximum atomic E-state index is 11.3. The number of carbonyl (C=O) groups excluding carboxylic acids is 1. The van der Waals surface area contributed by atoms with Crippen molar-refractivity contribution in [2.45, 2.75) is 13.8 Å². The van der Waals surface area contributed by atoms with E-state index in [2.05, 4.69) is 9.19 Å². The van der Waals surface area contributed by atoms with Gasteiger partial charge in [0.25, 0.3) is 0 Å². The summed E-state index contributed by atoms with van der Waals surface area (Å²) >= 11 is -4.83. The number of anilines is 2. The predicted molar refractivity (Wildman–Crippen MR) is 88.3 cm³/mol. The van der Waals surface area contributed by atoms with E-state index in [4.69, 9.17) is 11.0 Å². The number of para-hydroxylation sites is 1. The molecule has 0 aliphatic carbocycles. The van der Waals surface area contributed by atoms with Crippen molar-refractivity contribution in [3.8, 4) is 0 Å². The van der Waals surface area contributed by atoms with Crippen LogP contribution >= 0.6 is 0 Å². The normalized spacial score (nSPS) is 12.5. The second-order valence-electron chi connectivity index (χ2n) is 4.69.